The summed E-state index contributed by atoms with van der Waals surface area (Å²) in [7, 11) is 0. The highest BCUT2D eigenvalue weighted by atomic mass is 16.4. The molecule has 0 aliphatic carbocycles. The highest BCUT2D eigenvalue weighted by molar-refractivity contribution is 5.75. The van der Waals surface area contributed by atoms with E-state index in [0.29, 0.717) is 0 Å². The van der Waals surface area contributed by atoms with E-state index in [-0.39, 0.29) is 25.0 Å². The molecule has 0 saturated heterocycles. The zero-order valence-corrected chi connectivity index (χ0v) is 11.8. The van der Waals surface area contributed by atoms with Gasteiger partial charge in [-0.3, -0.25) is 4.79 Å². The number of amides is 2. The number of rotatable bonds is 8. The minimum absolute atomic E-state index is 0.0622. The molecule has 0 aromatic heterocycles. The monoisotopic (exact) mass is 278 g/mol. The SMILES string of the molecule is CCCC(Cc1ccccc1)NC(=O)NCCC(=O)O. The lowest BCUT2D eigenvalue weighted by Crippen LogP contribution is -2.43. The van der Waals surface area contributed by atoms with Gasteiger partial charge in [-0.05, 0) is 18.4 Å². The van der Waals surface area contributed by atoms with Crippen molar-refractivity contribution in [1.82, 2.24) is 10.6 Å². The van der Waals surface area contributed by atoms with Gasteiger partial charge < -0.3 is 15.7 Å². The zero-order chi connectivity index (χ0) is 14.8. The van der Waals surface area contributed by atoms with E-state index in [4.69, 9.17) is 5.11 Å². The molecule has 0 heterocycles. The van der Waals surface area contributed by atoms with E-state index < -0.39 is 5.97 Å². The summed E-state index contributed by atoms with van der Waals surface area (Å²) in [5.74, 6) is -0.917. The topological polar surface area (TPSA) is 78.4 Å². The zero-order valence-electron chi connectivity index (χ0n) is 11.8. The third kappa shape index (κ3) is 6.78. The van der Waals surface area contributed by atoms with Crippen molar-refractivity contribution in [3.05, 3.63) is 35.9 Å². The van der Waals surface area contributed by atoms with Crippen LogP contribution in [0.2, 0.25) is 0 Å². The molecule has 0 aliphatic rings. The predicted octanol–water partition coefficient (Wildman–Crippen LogP) is 2.17. The average Bonchev–Trinajstić information content (AvgIpc) is 2.39. The molecule has 0 aliphatic heterocycles. The molecule has 1 aromatic carbocycles. The number of carboxylic acids is 1. The van der Waals surface area contributed by atoms with E-state index in [2.05, 4.69) is 17.6 Å². The quantitative estimate of drug-likeness (QED) is 0.682. The smallest absolute Gasteiger partial charge is 0.315 e. The van der Waals surface area contributed by atoms with Gasteiger partial charge in [0.25, 0.3) is 0 Å². The largest absolute Gasteiger partial charge is 0.481 e. The predicted molar refractivity (Wildman–Crippen MR) is 77.6 cm³/mol. The Morgan fingerprint density at radius 1 is 1.25 bits per heavy atom. The Morgan fingerprint density at radius 2 is 1.95 bits per heavy atom. The normalized spacial score (nSPS) is 11.7. The van der Waals surface area contributed by atoms with Gasteiger partial charge >= 0.3 is 12.0 Å². The lowest BCUT2D eigenvalue weighted by atomic mass is 10.0. The number of hydrogen-bond acceptors (Lipinski definition) is 2. The van der Waals surface area contributed by atoms with Crippen molar-refractivity contribution in [1.29, 1.82) is 0 Å². The molecule has 1 aromatic rings. The maximum Gasteiger partial charge on any atom is 0.315 e. The fourth-order valence-corrected chi connectivity index (χ4v) is 1.99. The van der Waals surface area contributed by atoms with E-state index >= 15 is 0 Å². The van der Waals surface area contributed by atoms with Crippen LogP contribution in [0.25, 0.3) is 0 Å². The van der Waals surface area contributed by atoms with Crippen LogP contribution >= 0.6 is 0 Å². The molecule has 20 heavy (non-hydrogen) atoms. The van der Waals surface area contributed by atoms with Crippen LogP contribution in [0.15, 0.2) is 30.3 Å². The van der Waals surface area contributed by atoms with Crippen molar-refractivity contribution in [3.63, 3.8) is 0 Å². The first-order valence-corrected chi connectivity index (χ1v) is 6.92. The molecule has 1 rings (SSSR count). The van der Waals surface area contributed by atoms with Crippen LogP contribution in [0.3, 0.4) is 0 Å². The summed E-state index contributed by atoms with van der Waals surface area (Å²) in [4.78, 5) is 22.1. The summed E-state index contributed by atoms with van der Waals surface area (Å²) < 4.78 is 0. The standard InChI is InChI=1S/C15H22N2O3/c1-2-6-13(11-12-7-4-3-5-8-12)17-15(20)16-10-9-14(18)19/h3-5,7-8,13H,2,6,9-11H2,1H3,(H,18,19)(H2,16,17,20). The van der Waals surface area contributed by atoms with Gasteiger partial charge in [-0.15, -0.1) is 0 Å². The maximum atomic E-state index is 11.7. The van der Waals surface area contributed by atoms with E-state index in [9.17, 15) is 9.59 Å². The molecule has 5 heteroatoms. The van der Waals surface area contributed by atoms with Gasteiger partial charge in [-0.1, -0.05) is 43.7 Å². The highest BCUT2D eigenvalue weighted by Gasteiger charge is 2.12. The van der Waals surface area contributed by atoms with Crippen LogP contribution < -0.4 is 10.6 Å². The van der Waals surface area contributed by atoms with Crippen LogP contribution in [0, 0.1) is 0 Å². The fraction of sp³-hybridized carbons (Fsp3) is 0.467. The molecular formula is C15H22N2O3. The lowest BCUT2D eigenvalue weighted by molar-refractivity contribution is -0.136. The minimum atomic E-state index is -0.917. The van der Waals surface area contributed by atoms with Gasteiger partial charge in [0, 0.05) is 12.6 Å². The van der Waals surface area contributed by atoms with Crippen molar-refractivity contribution in [3.8, 4) is 0 Å². The van der Waals surface area contributed by atoms with Crippen molar-refractivity contribution < 1.29 is 14.7 Å². The van der Waals surface area contributed by atoms with Crippen LogP contribution in [0.5, 0.6) is 0 Å². The second-order valence-corrected chi connectivity index (χ2v) is 4.72. The molecule has 0 fully saturated rings. The number of carbonyl (C=O) groups is 2. The Balaban J connectivity index is 2.41. The summed E-state index contributed by atoms with van der Waals surface area (Å²) in [6.45, 7) is 2.22. The summed E-state index contributed by atoms with van der Waals surface area (Å²) in [5, 5.41) is 14.0. The van der Waals surface area contributed by atoms with Crippen molar-refractivity contribution >= 4 is 12.0 Å². The van der Waals surface area contributed by atoms with Crippen molar-refractivity contribution in [2.45, 2.75) is 38.6 Å². The third-order valence-electron chi connectivity index (χ3n) is 2.92. The number of aliphatic carboxylic acids is 1. The van der Waals surface area contributed by atoms with Gasteiger partial charge in [-0.2, -0.15) is 0 Å². The number of nitrogens with one attached hydrogen (secondary N) is 2. The van der Waals surface area contributed by atoms with Gasteiger partial charge in [0.2, 0.25) is 0 Å². The van der Waals surface area contributed by atoms with Gasteiger partial charge in [0.1, 0.15) is 0 Å². The molecule has 2 amide bonds. The second kappa shape index (κ2) is 8.96. The first-order chi connectivity index (χ1) is 9.61. The summed E-state index contributed by atoms with van der Waals surface area (Å²) in [5.41, 5.74) is 1.18. The molecule has 1 atom stereocenters. The Kier molecular flexibility index (Phi) is 7.17. The van der Waals surface area contributed by atoms with Crippen LogP contribution in [0.1, 0.15) is 31.7 Å². The molecular weight excluding hydrogens is 256 g/mol. The number of hydrogen-bond donors (Lipinski definition) is 3. The van der Waals surface area contributed by atoms with E-state index in [1.807, 2.05) is 30.3 Å². The Hall–Kier alpha value is -2.04. The molecule has 5 nitrogen and oxygen atoms in total. The van der Waals surface area contributed by atoms with Gasteiger partial charge in [-0.25, -0.2) is 4.79 Å². The number of benzene rings is 1. The van der Waals surface area contributed by atoms with Gasteiger partial charge in [0.05, 0.1) is 6.42 Å². The molecule has 0 bridgehead atoms. The summed E-state index contributed by atoms with van der Waals surface area (Å²) in [6, 6.07) is 9.74. The number of carboxylic acid groups (broad SMARTS) is 1. The van der Waals surface area contributed by atoms with Crippen molar-refractivity contribution in [2.24, 2.45) is 0 Å². The molecule has 1 unspecified atom stereocenters. The van der Waals surface area contributed by atoms with Crippen molar-refractivity contribution in [2.75, 3.05) is 6.54 Å². The van der Waals surface area contributed by atoms with E-state index in [1.165, 1.54) is 5.56 Å². The molecule has 3 N–H and O–H groups in total. The lowest BCUT2D eigenvalue weighted by Gasteiger charge is -2.18. The Labute approximate surface area is 119 Å². The van der Waals surface area contributed by atoms with Crippen LogP contribution in [0.4, 0.5) is 4.79 Å². The number of urea groups is 1. The molecule has 0 spiro atoms. The minimum Gasteiger partial charge on any atom is -0.481 e. The molecule has 110 valence electrons. The van der Waals surface area contributed by atoms with Crippen LogP contribution in [-0.2, 0) is 11.2 Å². The van der Waals surface area contributed by atoms with E-state index in [0.717, 1.165) is 19.3 Å². The summed E-state index contributed by atoms with van der Waals surface area (Å²) >= 11 is 0. The molecule has 0 radical (unpaired) electrons. The number of carbonyl (C=O) groups excluding carboxylic acids is 1. The first kappa shape index (κ1) is 16.0. The summed E-state index contributed by atoms with van der Waals surface area (Å²) in [6.07, 6.45) is 2.58. The Morgan fingerprint density at radius 3 is 2.55 bits per heavy atom. The second-order valence-electron chi connectivity index (χ2n) is 4.72. The van der Waals surface area contributed by atoms with Crippen LogP contribution in [-0.4, -0.2) is 29.7 Å². The maximum absolute atomic E-state index is 11.7. The van der Waals surface area contributed by atoms with Gasteiger partial charge in [0.15, 0.2) is 0 Å². The first-order valence-electron chi connectivity index (χ1n) is 6.92. The fourth-order valence-electron chi connectivity index (χ4n) is 1.99. The van der Waals surface area contributed by atoms with E-state index in [1.54, 1.807) is 0 Å². The molecule has 0 saturated carbocycles. The average molecular weight is 278 g/mol. The third-order valence-corrected chi connectivity index (χ3v) is 2.92. The highest BCUT2D eigenvalue weighted by Crippen LogP contribution is 2.07. The Bertz CT molecular complexity index is 420.